The van der Waals surface area contributed by atoms with Gasteiger partial charge in [0.15, 0.2) is 0 Å². The molecule has 2 aromatic rings. The van der Waals surface area contributed by atoms with Gasteiger partial charge in [0, 0.05) is 24.1 Å². The zero-order valence-corrected chi connectivity index (χ0v) is 16.6. The molecule has 1 fully saturated rings. The first kappa shape index (κ1) is 21.5. The largest absolute Gasteiger partial charge is 0.474 e. The third-order valence-corrected chi connectivity index (χ3v) is 5.74. The maximum Gasteiger partial charge on any atom is 0.417 e. The van der Waals surface area contributed by atoms with E-state index in [1.165, 1.54) is 11.6 Å². The highest BCUT2D eigenvalue weighted by molar-refractivity contribution is 7.99. The van der Waals surface area contributed by atoms with E-state index in [-0.39, 0.29) is 23.9 Å². The van der Waals surface area contributed by atoms with Crippen LogP contribution in [0.25, 0.3) is 0 Å². The number of carbonyl (C=O) groups excluding carboxylic acids is 1. The zero-order chi connectivity index (χ0) is 20.7. The van der Waals surface area contributed by atoms with Crippen molar-refractivity contribution in [1.82, 2.24) is 10.3 Å². The summed E-state index contributed by atoms with van der Waals surface area (Å²) < 4.78 is 43.4. The Balaban J connectivity index is 1.35. The van der Waals surface area contributed by atoms with Crippen LogP contribution >= 0.6 is 11.8 Å². The number of thioether (sulfide) groups is 1. The van der Waals surface area contributed by atoms with Crippen molar-refractivity contribution < 1.29 is 22.7 Å². The Bertz CT molecular complexity index is 777. The minimum Gasteiger partial charge on any atom is -0.474 e. The van der Waals surface area contributed by atoms with Gasteiger partial charge in [-0.15, -0.1) is 11.8 Å². The van der Waals surface area contributed by atoms with Crippen LogP contribution in [0.4, 0.5) is 13.2 Å². The Morgan fingerprint density at radius 2 is 1.83 bits per heavy atom. The number of aromatic nitrogens is 1. The van der Waals surface area contributed by atoms with Crippen LogP contribution in [0, 0.1) is 0 Å². The number of ether oxygens (including phenoxy) is 1. The number of pyridine rings is 1. The Morgan fingerprint density at radius 1 is 1.10 bits per heavy atom. The van der Waals surface area contributed by atoms with E-state index in [9.17, 15) is 18.0 Å². The first-order valence-electron chi connectivity index (χ1n) is 9.51. The number of rotatable bonds is 7. The molecule has 0 spiro atoms. The minimum absolute atomic E-state index is 0.0275. The molecular formula is C21H23F3N2O2S. The first-order chi connectivity index (χ1) is 13.9. The number of nitrogens with one attached hydrogen (secondary N) is 1. The highest BCUT2D eigenvalue weighted by Crippen LogP contribution is 2.30. The van der Waals surface area contributed by atoms with Crippen molar-refractivity contribution in [2.75, 3.05) is 5.75 Å². The highest BCUT2D eigenvalue weighted by atomic mass is 32.2. The molecule has 1 N–H and O–H groups in total. The van der Waals surface area contributed by atoms with Gasteiger partial charge in [-0.05, 0) is 37.3 Å². The summed E-state index contributed by atoms with van der Waals surface area (Å²) in [6, 6.07) is 12.3. The van der Waals surface area contributed by atoms with E-state index >= 15 is 0 Å². The molecule has 0 atom stereocenters. The van der Waals surface area contributed by atoms with Crippen LogP contribution in [0.15, 0.2) is 48.7 Å². The lowest BCUT2D eigenvalue weighted by Gasteiger charge is -2.29. The van der Waals surface area contributed by atoms with E-state index in [1.807, 2.05) is 30.3 Å². The maximum atomic E-state index is 12.6. The summed E-state index contributed by atoms with van der Waals surface area (Å²) in [4.78, 5) is 15.9. The molecule has 29 heavy (non-hydrogen) atoms. The monoisotopic (exact) mass is 424 g/mol. The number of hydrogen-bond acceptors (Lipinski definition) is 4. The molecule has 1 aliphatic carbocycles. The van der Waals surface area contributed by atoms with Crippen molar-refractivity contribution in [3.05, 3.63) is 59.8 Å². The van der Waals surface area contributed by atoms with Crippen LogP contribution in [-0.4, -0.2) is 28.8 Å². The third-order valence-electron chi connectivity index (χ3n) is 4.74. The Morgan fingerprint density at radius 3 is 2.45 bits per heavy atom. The van der Waals surface area contributed by atoms with Crippen molar-refractivity contribution in [3.8, 4) is 5.88 Å². The molecule has 1 saturated carbocycles. The van der Waals surface area contributed by atoms with Gasteiger partial charge in [0.25, 0.3) is 0 Å². The van der Waals surface area contributed by atoms with Gasteiger partial charge < -0.3 is 10.1 Å². The predicted molar refractivity (Wildman–Crippen MR) is 107 cm³/mol. The normalized spacial score (nSPS) is 19.6. The molecule has 1 aromatic heterocycles. The van der Waals surface area contributed by atoms with Crippen LogP contribution in [0.3, 0.4) is 0 Å². The van der Waals surface area contributed by atoms with Crippen molar-refractivity contribution in [1.29, 1.82) is 0 Å². The minimum atomic E-state index is -4.40. The van der Waals surface area contributed by atoms with Gasteiger partial charge in [-0.2, -0.15) is 13.2 Å². The van der Waals surface area contributed by atoms with Gasteiger partial charge in [0.05, 0.1) is 11.3 Å². The van der Waals surface area contributed by atoms with Gasteiger partial charge in [-0.1, -0.05) is 30.3 Å². The Kier molecular flexibility index (Phi) is 7.41. The maximum absolute atomic E-state index is 12.6. The molecule has 0 radical (unpaired) electrons. The molecule has 1 heterocycles. The molecule has 1 aliphatic rings. The fraction of sp³-hybridized carbons (Fsp3) is 0.429. The second-order valence-corrected chi connectivity index (χ2v) is 8.01. The van der Waals surface area contributed by atoms with Crippen LogP contribution in [0.5, 0.6) is 5.88 Å². The average molecular weight is 424 g/mol. The molecule has 3 rings (SSSR count). The smallest absolute Gasteiger partial charge is 0.417 e. The third kappa shape index (κ3) is 6.96. The van der Waals surface area contributed by atoms with Crippen molar-refractivity contribution in [3.63, 3.8) is 0 Å². The molecule has 0 aliphatic heterocycles. The molecule has 4 nitrogen and oxygen atoms in total. The van der Waals surface area contributed by atoms with Crippen molar-refractivity contribution in [2.45, 2.75) is 49.8 Å². The zero-order valence-electron chi connectivity index (χ0n) is 15.8. The SMILES string of the molecule is O=C(CSCc1ccccc1)NC1CCC(Oc2ccc(C(F)(F)F)cn2)CC1. The van der Waals surface area contributed by atoms with E-state index in [0.717, 1.165) is 43.7 Å². The summed E-state index contributed by atoms with van der Waals surface area (Å²) in [5.41, 5.74) is 0.404. The van der Waals surface area contributed by atoms with Gasteiger partial charge in [-0.25, -0.2) is 4.98 Å². The molecule has 8 heteroatoms. The molecule has 156 valence electrons. The number of halogens is 3. The standard InChI is InChI=1S/C21H23F3N2O2S/c22-21(23,24)16-6-11-20(25-12-16)28-18-9-7-17(8-10-18)26-19(27)14-29-13-15-4-2-1-3-5-15/h1-6,11-12,17-18H,7-10,13-14H2,(H,26,27). The number of alkyl halides is 3. The van der Waals surface area contributed by atoms with E-state index in [4.69, 9.17) is 4.74 Å². The number of amides is 1. The van der Waals surface area contributed by atoms with Gasteiger partial charge in [0.2, 0.25) is 11.8 Å². The summed E-state index contributed by atoms with van der Waals surface area (Å²) in [6.07, 6.45) is -0.703. The molecule has 0 saturated heterocycles. The number of carbonyl (C=O) groups is 1. The van der Waals surface area contributed by atoms with Gasteiger partial charge in [-0.3, -0.25) is 4.79 Å². The highest BCUT2D eigenvalue weighted by Gasteiger charge is 2.31. The van der Waals surface area contributed by atoms with Gasteiger partial charge in [0.1, 0.15) is 6.10 Å². The number of benzene rings is 1. The molecule has 1 amide bonds. The summed E-state index contributed by atoms with van der Waals surface area (Å²) in [7, 11) is 0. The average Bonchev–Trinajstić information content (AvgIpc) is 2.70. The molecular weight excluding hydrogens is 401 g/mol. The van der Waals surface area contributed by atoms with E-state index in [2.05, 4.69) is 10.3 Å². The lowest BCUT2D eigenvalue weighted by atomic mass is 9.93. The Hall–Kier alpha value is -2.22. The van der Waals surface area contributed by atoms with E-state index < -0.39 is 11.7 Å². The van der Waals surface area contributed by atoms with Crippen molar-refractivity contribution >= 4 is 17.7 Å². The second-order valence-electron chi connectivity index (χ2n) is 7.02. The lowest BCUT2D eigenvalue weighted by molar-refractivity contribution is -0.137. The van der Waals surface area contributed by atoms with Crippen LogP contribution in [-0.2, 0) is 16.7 Å². The van der Waals surface area contributed by atoms with E-state index in [0.29, 0.717) is 5.75 Å². The predicted octanol–water partition coefficient (Wildman–Crippen LogP) is 4.84. The van der Waals surface area contributed by atoms with E-state index in [1.54, 1.807) is 11.8 Å². The molecule has 1 aromatic carbocycles. The first-order valence-corrected chi connectivity index (χ1v) is 10.7. The van der Waals surface area contributed by atoms with Crippen LogP contribution in [0.1, 0.15) is 36.8 Å². The summed E-state index contributed by atoms with van der Waals surface area (Å²) in [5.74, 6) is 1.44. The molecule has 0 bridgehead atoms. The Labute approximate surface area is 172 Å². The molecule has 0 unspecified atom stereocenters. The number of nitrogens with zero attached hydrogens (tertiary/aromatic N) is 1. The fourth-order valence-corrected chi connectivity index (χ4v) is 4.02. The van der Waals surface area contributed by atoms with Crippen LogP contribution < -0.4 is 10.1 Å². The summed E-state index contributed by atoms with van der Waals surface area (Å²) in [5, 5.41) is 3.06. The fourth-order valence-electron chi connectivity index (χ4n) is 3.22. The van der Waals surface area contributed by atoms with Crippen LogP contribution in [0.2, 0.25) is 0 Å². The summed E-state index contributed by atoms with van der Waals surface area (Å²) >= 11 is 1.58. The van der Waals surface area contributed by atoms with Crippen molar-refractivity contribution in [2.24, 2.45) is 0 Å². The second kappa shape index (κ2) is 10.0. The topological polar surface area (TPSA) is 51.2 Å². The summed E-state index contributed by atoms with van der Waals surface area (Å²) in [6.45, 7) is 0. The van der Waals surface area contributed by atoms with Gasteiger partial charge >= 0.3 is 6.18 Å². The number of hydrogen-bond donors (Lipinski definition) is 1. The lowest BCUT2D eigenvalue weighted by Crippen LogP contribution is -2.40. The quantitative estimate of drug-likeness (QED) is 0.691.